The van der Waals surface area contributed by atoms with Gasteiger partial charge in [0.1, 0.15) is 5.76 Å². The van der Waals surface area contributed by atoms with Crippen molar-refractivity contribution in [3.8, 4) is 0 Å². The fourth-order valence-corrected chi connectivity index (χ4v) is 2.50. The molecule has 108 valence electrons. The molecule has 1 N–H and O–H groups in total. The van der Waals surface area contributed by atoms with Crippen LogP contribution < -0.4 is 5.32 Å². The maximum Gasteiger partial charge on any atom is 0.240 e. The van der Waals surface area contributed by atoms with Gasteiger partial charge in [-0.2, -0.15) is 4.98 Å². The third-order valence-corrected chi connectivity index (χ3v) is 3.77. The van der Waals surface area contributed by atoms with Crippen molar-refractivity contribution in [2.24, 2.45) is 0 Å². The van der Waals surface area contributed by atoms with Crippen molar-refractivity contribution in [1.82, 2.24) is 20.6 Å². The highest BCUT2D eigenvalue weighted by molar-refractivity contribution is 5.24. The van der Waals surface area contributed by atoms with Crippen LogP contribution in [0.5, 0.6) is 0 Å². The predicted molar refractivity (Wildman–Crippen MR) is 72.1 cm³/mol. The predicted octanol–water partition coefficient (Wildman–Crippen LogP) is 2.79. The molecular weight excluding hydrogens is 256 g/mol. The summed E-state index contributed by atoms with van der Waals surface area (Å²) in [4.78, 5) is 4.43. The molecule has 1 aliphatic carbocycles. The lowest BCUT2D eigenvalue weighted by Crippen LogP contribution is -2.21. The fourth-order valence-electron chi connectivity index (χ4n) is 2.50. The summed E-state index contributed by atoms with van der Waals surface area (Å²) in [6.07, 6.45) is 3.32. The lowest BCUT2D eigenvalue weighted by Gasteiger charge is -2.15. The molecule has 0 aliphatic heterocycles. The molecule has 1 aliphatic rings. The van der Waals surface area contributed by atoms with E-state index in [9.17, 15) is 0 Å². The highest BCUT2D eigenvalue weighted by Gasteiger charge is 2.29. The molecule has 0 saturated heterocycles. The van der Waals surface area contributed by atoms with Crippen molar-refractivity contribution in [2.45, 2.75) is 58.5 Å². The van der Waals surface area contributed by atoms with Gasteiger partial charge in [0, 0.05) is 17.5 Å². The summed E-state index contributed by atoms with van der Waals surface area (Å²) < 4.78 is 10.5. The van der Waals surface area contributed by atoms with Crippen LogP contribution in [0.15, 0.2) is 9.05 Å². The second-order valence-electron chi connectivity index (χ2n) is 5.40. The number of nitrogens with one attached hydrogen (secondary N) is 1. The topological polar surface area (TPSA) is 77.0 Å². The zero-order valence-corrected chi connectivity index (χ0v) is 12.1. The van der Waals surface area contributed by atoms with Crippen molar-refractivity contribution >= 4 is 0 Å². The number of hydrogen-bond donors (Lipinski definition) is 1. The molecular formula is C14H20N4O2. The maximum absolute atomic E-state index is 5.28. The molecule has 3 rings (SSSR count). The lowest BCUT2D eigenvalue weighted by atomic mass is 10.0. The molecule has 1 atom stereocenters. The standard InChI is InChI=1S/C14H20N4O2/c1-4-11(13-8(2)17-19-9(13)3)15-7-12-16-14(18-20-12)10-5-6-10/h10-11,15H,4-7H2,1-3H3/t11-/m1/s1. The van der Waals surface area contributed by atoms with Crippen molar-refractivity contribution in [3.05, 3.63) is 28.7 Å². The monoisotopic (exact) mass is 276 g/mol. The molecule has 6 nitrogen and oxygen atoms in total. The fraction of sp³-hybridized carbons (Fsp3) is 0.643. The minimum absolute atomic E-state index is 0.192. The Balaban J connectivity index is 1.65. The van der Waals surface area contributed by atoms with Gasteiger partial charge in [-0.1, -0.05) is 17.2 Å². The van der Waals surface area contributed by atoms with Crippen LogP contribution in [0.2, 0.25) is 0 Å². The van der Waals surface area contributed by atoms with Crippen LogP contribution in [0.4, 0.5) is 0 Å². The van der Waals surface area contributed by atoms with Crippen LogP contribution >= 0.6 is 0 Å². The molecule has 0 unspecified atom stereocenters. The van der Waals surface area contributed by atoms with E-state index >= 15 is 0 Å². The second-order valence-corrected chi connectivity index (χ2v) is 5.40. The van der Waals surface area contributed by atoms with Crippen LogP contribution in [0.3, 0.4) is 0 Å². The summed E-state index contributed by atoms with van der Waals surface area (Å²) in [6, 6.07) is 0.192. The third-order valence-electron chi connectivity index (χ3n) is 3.77. The van der Waals surface area contributed by atoms with Gasteiger partial charge in [0.2, 0.25) is 5.89 Å². The van der Waals surface area contributed by atoms with Gasteiger partial charge in [0.05, 0.1) is 12.2 Å². The summed E-state index contributed by atoms with van der Waals surface area (Å²) in [5.74, 6) is 2.90. The van der Waals surface area contributed by atoms with Crippen LogP contribution in [0.1, 0.15) is 66.9 Å². The molecule has 2 aromatic heterocycles. The summed E-state index contributed by atoms with van der Waals surface area (Å²) in [5.41, 5.74) is 2.07. The SMILES string of the molecule is CC[C@@H](NCc1nc(C2CC2)no1)c1c(C)noc1C. The first-order valence-corrected chi connectivity index (χ1v) is 7.17. The second kappa shape index (κ2) is 5.36. The Labute approximate surface area is 117 Å². The Hall–Kier alpha value is -1.69. The van der Waals surface area contributed by atoms with Gasteiger partial charge in [0.15, 0.2) is 5.82 Å². The summed E-state index contributed by atoms with van der Waals surface area (Å²) >= 11 is 0. The van der Waals surface area contributed by atoms with Gasteiger partial charge in [-0.3, -0.25) is 0 Å². The number of hydrogen-bond acceptors (Lipinski definition) is 6. The Morgan fingerprint density at radius 2 is 2.05 bits per heavy atom. The molecule has 0 radical (unpaired) electrons. The molecule has 1 fully saturated rings. The van der Waals surface area contributed by atoms with E-state index in [1.165, 1.54) is 12.8 Å². The third kappa shape index (κ3) is 2.60. The molecule has 0 aromatic carbocycles. The van der Waals surface area contributed by atoms with Gasteiger partial charge in [0.25, 0.3) is 0 Å². The summed E-state index contributed by atoms with van der Waals surface area (Å²) in [6.45, 7) is 6.61. The average molecular weight is 276 g/mol. The molecule has 20 heavy (non-hydrogen) atoms. The highest BCUT2D eigenvalue weighted by Crippen LogP contribution is 2.38. The van der Waals surface area contributed by atoms with E-state index in [0.29, 0.717) is 18.4 Å². The Bertz CT molecular complexity index is 566. The van der Waals surface area contributed by atoms with E-state index in [-0.39, 0.29) is 6.04 Å². The first-order chi connectivity index (χ1) is 9.69. The quantitative estimate of drug-likeness (QED) is 0.874. The van der Waals surface area contributed by atoms with E-state index in [1.54, 1.807) is 0 Å². The van der Waals surface area contributed by atoms with E-state index in [0.717, 1.165) is 29.3 Å². The average Bonchev–Trinajstić information content (AvgIpc) is 3.11. The number of nitrogens with zero attached hydrogens (tertiary/aromatic N) is 3. The van der Waals surface area contributed by atoms with Crippen molar-refractivity contribution in [3.63, 3.8) is 0 Å². The van der Waals surface area contributed by atoms with E-state index < -0.39 is 0 Å². The number of aromatic nitrogens is 3. The van der Waals surface area contributed by atoms with Crippen LogP contribution in [-0.2, 0) is 6.54 Å². The van der Waals surface area contributed by atoms with Crippen molar-refractivity contribution < 1.29 is 9.05 Å². The summed E-state index contributed by atoms with van der Waals surface area (Å²) in [5, 5.41) is 11.5. The van der Waals surface area contributed by atoms with E-state index in [2.05, 4.69) is 27.5 Å². The largest absolute Gasteiger partial charge is 0.361 e. The van der Waals surface area contributed by atoms with Gasteiger partial charge >= 0.3 is 0 Å². The lowest BCUT2D eigenvalue weighted by molar-refractivity contribution is 0.350. The molecule has 1 saturated carbocycles. The Morgan fingerprint density at radius 3 is 2.65 bits per heavy atom. The smallest absolute Gasteiger partial charge is 0.240 e. The first-order valence-electron chi connectivity index (χ1n) is 7.17. The Kier molecular flexibility index (Phi) is 3.56. The van der Waals surface area contributed by atoms with Gasteiger partial charge in [-0.15, -0.1) is 0 Å². The van der Waals surface area contributed by atoms with Gasteiger partial charge in [-0.05, 0) is 33.1 Å². The van der Waals surface area contributed by atoms with Gasteiger partial charge < -0.3 is 14.4 Å². The molecule has 2 heterocycles. The molecule has 0 amide bonds. The normalized spacial score (nSPS) is 16.6. The van der Waals surface area contributed by atoms with Crippen LogP contribution in [0.25, 0.3) is 0 Å². The van der Waals surface area contributed by atoms with Gasteiger partial charge in [-0.25, -0.2) is 0 Å². The zero-order valence-electron chi connectivity index (χ0n) is 12.1. The van der Waals surface area contributed by atoms with E-state index in [4.69, 9.17) is 9.05 Å². The minimum atomic E-state index is 0.192. The van der Waals surface area contributed by atoms with Crippen LogP contribution in [-0.4, -0.2) is 15.3 Å². The highest BCUT2D eigenvalue weighted by atomic mass is 16.5. The number of rotatable bonds is 6. The first kappa shape index (κ1) is 13.3. The molecule has 0 spiro atoms. The minimum Gasteiger partial charge on any atom is -0.361 e. The maximum atomic E-state index is 5.28. The number of aryl methyl sites for hydroxylation is 2. The Morgan fingerprint density at radius 1 is 1.25 bits per heavy atom. The molecule has 6 heteroatoms. The molecule has 2 aromatic rings. The summed E-state index contributed by atoms with van der Waals surface area (Å²) in [7, 11) is 0. The van der Waals surface area contributed by atoms with Crippen molar-refractivity contribution in [2.75, 3.05) is 0 Å². The van der Waals surface area contributed by atoms with E-state index in [1.807, 2.05) is 13.8 Å². The van der Waals surface area contributed by atoms with Crippen molar-refractivity contribution in [1.29, 1.82) is 0 Å². The zero-order chi connectivity index (χ0) is 14.1. The van der Waals surface area contributed by atoms with Crippen LogP contribution in [0, 0.1) is 13.8 Å². The molecule has 0 bridgehead atoms.